The molecule has 8 heteroatoms. The highest BCUT2D eigenvalue weighted by atomic mass is 19.1. The van der Waals surface area contributed by atoms with Crippen molar-refractivity contribution in [3.05, 3.63) is 88.1 Å². The number of hydrogen-bond donors (Lipinski definition) is 1. The number of rotatable bonds is 4. The van der Waals surface area contributed by atoms with E-state index >= 15 is 0 Å². The number of fused-ring (bicyclic) bond motifs is 2. The Morgan fingerprint density at radius 2 is 1.84 bits per heavy atom. The van der Waals surface area contributed by atoms with Crippen LogP contribution in [0.25, 0.3) is 11.1 Å². The molecule has 7 nitrogen and oxygen atoms in total. The highest BCUT2D eigenvalue weighted by Gasteiger charge is 2.24. The van der Waals surface area contributed by atoms with Crippen LogP contribution in [0.2, 0.25) is 0 Å². The predicted octanol–water partition coefficient (Wildman–Crippen LogP) is 5.52. The average Bonchev–Trinajstić information content (AvgIpc) is 3.12. The first-order valence-corrected chi connectivity index (χ1v) is 12.8. The normalized spacial score (nSPS) is 14.4. The number of aromatic nitrogens is 3. The summed E-state index contributed by atoms with van der Waals surface area (Å²) >= 11 is 0. The molecule has 0 aliphatic carbocycles. The Hall–Kier alpha value is -4.33. The Morgan fingerprint density at radius 3 is 2.66 bits per heavy atom. The lowest BCUT2D eigenvalue weighted by Crippen LogP contribution is -2.28. The van der Waals surface area contributed by atoms with Gasteiger partial charge in [-0.2, -0.15) is 4.98 Å². The molecule has 0 bridgehead atoms. The molecule has 0 fully saturated rings. The van der Waals surface area contributed by atoms with Crippen molar-refractivity contribution in [3.8, 4) is 16.9 Å². The van der Waals surface area contributed by atoms with E-state index in [9.17, 15) is 4.39 Å². The fourth-order valence-corrected chi connectivity index (χ4v) is 5.30. The van der Waals surface area contributed by atoms with Crippen LogP contribution in [0.3, 0.4) is 0 Å². The number of nitrogen functional groups attached to an aromatic ring is 1. The van der Waals surface area contributed by atoms with E-state index < -0.39 is 0 Å². The number of hydrogen-bond acceptors (Lipinski definition) is 7. The molecule has 2 aromatic heterocycles. The molecule has 0 saturated carbocycles. The van der Waals surface area contributed by atoms with Crippen molar-refractivity contribution in [1.82, 2.24) is 15.0 Å². The summed E-state index contributed by atoms with van der Waals surface area (Å²) in [5.41, 5.74) is 16.2. The first kappa shape index (κ1) is 24.0. The number of aliphatic imine (C=N–C) groups is 1. The van der Waals surface area contributed by atoms with Crippen LogP contribution in [0.1, 0.15) is 40.6 Å². The van der Waals surface area contributed by atoms with E-state index in [2.05, 4.69) is 50.0 Å². The zero-order chi connectivity index (χ0) is 26.4. The Kier molecular flexibility index (Phi) is 6.02. The molecule has 4 heterocycles. The minimum atomic E-state index is -0.257. The third-order valence-electron chi connectivity index (χ3n) is 7.14. The first-order valence-electron chi connectivity index (χ1n) is 12.8. The van der Waals surface area contributed by atoms with Crippen LogP contribution < -0.4 is 15.4 Å². The van der Waals surface area contributed by atoms with Gasteiger partial charge >= 0.3 is 0 Å². The number of halogens is 1. The van der Waals surface area contributed by atoms with Gasteiger partial charge < -0.3 is 15.4 Å². The monoisotopic (exact) mass is 508 g/mol. The third-order valence-corrected chi connectivity index (χ3v) is 7.14. The smallest absolute Gasteiger partial charge is 0.222 e. The maximum absolute atomic E-state index is 13.5. The largest absolute Gasteiger partial charge is 0.491 e. The molecule has 0 radical (unpaired) electrons. The van der Waals surface area contributed by atoms with E-state index in [0.717, 1.165) is 74.2 Å². The van der Waals surface area contributed by atoms with Crippen molar-refractivity contribution in [2.45, 2.75) is 40.2 Å². The minimum absolute atomic E-state index is 0.232. The van der Waals surface area contributed by atoms with Gasteiger partial charge in [-0.25, -0.2) is 9.37 Å². The topological polar surface area (TPSA) is 89.5 Å². The van der Waals surface area contributed by atoms with Crippen LogP contribution in [-0.4, -0.2) is 33.8 Å². The second-order valence-corrected chi connectivity index (χ2v) is 10.0. The van der Waals surface area contributed by atoms with Crippen molar-refractivity contribution in [2.75, 3.05) is 23.8 Å². The summed E-state index contributed by atoms with van der Waals surface area (Å²) in [6.07, 6.45) is 3.31. The lowest BCUT2D eigenvalue weighted by Gasteiger charge is -2.25. The van der Waals surface area contributed by atoms with Crippen LogP contribution in [0.4, 0.5) is 21.8 Å². The number of nitrogens with two attached hydrogens (primary N) is 1. The molecular formula is C30H29FN6O. The van der Waals surface area contributed by atoms with Crippen molar-refractivity contribution in [2.24, 2.45) is 4.99 Å². The predicted molar refractivity (Wildman–Crippen MR) is 148 cm³/mol. The number of nitrogens with zero attached hydrogens (tertiary/aromatic N) is 5. The van der Waals surface area contributed by atoms with Crippen LogP contribution in [0, 0.1) is 19.7 Å². The Bertz CT molecular complexity index is 1580. The highest BCUT2D eigenvalue weighted by Crippen LogP contribution is 2.37. The highest BCUT2D eigenvalue weighted by molar-refractivity contribution is 5.92. The number of benzene rings is 2. The van der Waals surface area contributed by atoms with Crippen molar-refractivity contribution in [1.29, 1.82) is 0 Å². The molecule has 0 amide bonds. The summed E-state index contributed by atoms with van der Waals surface area (Å²) in [5, 5.41) is 0. The van der Waals surface area contributed by atoms with E-state index in [4.69, 9.17) is 10.5 Å². The molecule has 192 valence electrons. The lowest BCUT2D eigenvalue weighted by atomic mass is 9.99. The van der Waals surface area contributed by atoms with Crippen LogP contribution >= 0.6 is 0 Å². The molecular weight excluding hydrogens is 479 g/mol. The minimum Gasteiger partial charge on any atom is -0.491 e. The summed E-state index contributed by atoms with van der Waals surface area (Å²) in [6.45, 7) is 7.81. The molecule has 2 N–H and O–H groups in total. The van der Waals surface area contributed by atoms with E-state index in [1.165, 1.54) is 12.1 Å². The fraction of sp³-hybridized carbons (Fsp3) is 0.267. The lowest BCUT2D eigenvalue weighted by molar-refractivity contribution is 0.329. The molecule has 2 aliphatic rings. The number of anilines is 2. The zero-order valence-electron chi connectivity index (χ0n) is 21.8. The summed E-state index contributed by atoms with van der Waals surface area (Å²) in [6, 6.07) is 13.0. The van der Waals surface area contributed by atoms with Gasteiger partial charge in [0.1, 0.15) is 24.0 Å². The first-order chi connectivity index (χ1) is 18.3. The molecule has 38 heavy (non-hydrogen) atoms. The summed E-state index contributed by atoms with van der Waals surface area (Å²) in [7, 11) is 0. The number of ether oxygens (including phenoxy) is 1. The van der Waals surface area contributed by atoms with Gasteiger partial charge in [0.25, 0.3) is 0 Å². The molecule has 2 aromatic carbocycles. The zero-order valence-corrected chi connectivity index (χ0v) is 21.8. The molecule has 4 aromatic rings. The van der Waals surface area contributed by atoms with Crippen molar-refractivity contribution >= 4 is 23.2 Å². The third kappa shape index (κ3) is 4.58. The summed E-state index contributed by atoms with van der Waals surface area (Å²) < 4.78 is 19.8. The van der Waals surface area contributed by atoms with Gasteiger partial charge in [-0.05, 0) is 67.8 Å². The second-order valence-electron chi connectivity index (χ2n) is 10.0. The Labute approximate surface area is 221 Å². The molecule has 6 rings (SSSR count). The van der Waals surface area contributed by atoms with Crippen molar-refractivity contribution in [3.63, 3.8) is 0 Å². The SMILES string of the molecule is CC1=Nc2cc(-c3cc(C)c4c(c3)CN(c3nc(N)nc(C)c3Cc3ccc(F)cc3)CCO4)cnc2C1. The summed E-state index contributed by atoms with van der Waals surface area (Å²) in [5.74, 6) is 1.66. The van der Waals surface area contributed by atoms with Gasteiger partial charge in [-0.1, -0.05) is 12.1 Å². The molecule has 0 unspecified atom stereocenters. The van der Waals surface area contributed by atoms with Gasteiger partial charge in [0.05, 0.1) is 17.9 Å². The number of pyridine rings is 1. The molecule has 0 atom stereocenters. The number of aryl methyl sites for hydroxylation is 2. The average molecular weight is 509 g/mol. The summed E-state index contributed by atoms with van der Waals surface area (Å²) in [4.78, 5) is 20.6. The van der Waals surface area contributed by atoms with Gasteiger partial charge in [0.2, 0.25) is 5.95 Å². The maximum Gasteiger partial charge on any atom is 0.222 e. The quantitative estimate of drug-likeness (QED) is 0.391. The van der Waals surface area contributed by atoms with E-state index in [1.54, 1.807) is 12.1 Å². The van der Waals surface area contributed by atoms with Crippen LogP contribution in [0.15, 0.2) is 53.7 Å². The fourth-order valence-electron chi connectivity index (χ4n) is 5.30. The van der Waals surface area contributed by atoms with Gasteiger partial charge in [0.15, 0.2) is 0 Å². The Morgan fingerprint density at radius 1 is 1.03 bits per heavy atom. The standard InChI is InChI=1S/C30H29FN6O/c1-17-10-21(22-14-27-26(33-15-22)11-18(2)34-27)13-23-16-37(8-9-38-28(17)23)29-25(19(3)35-30(32)36-29)12-20-4-6-24(31)7-5-20/h4-7,10,13-15H,8-9,11-12,16H2,1-3H3,(H2,32,35,36). The molecule has 0 spiro atoms. The van der Waals surface area contributed by atoms with Gasteiger partial charge in [-0.15, -0.1) is 0 Å². The van der Waals surface area contributed by atoms with Crippen LogP contribution in [-0.2, 0) is 19.4 Å². The van der Waals surface area contributed by atoms with Crippen molar-refractivity contribution < 1.29 is 9.13 Å². The molecule has 0 saturated heterocycles. The van der Waals surface area contributed by atoms with E-state index in [1.807, 2.05) is 20.0 Å². The Balaban J connectivity index is 1.38. The van der Waals surface area contributed by atoms with Gasteiger partial charge in [0, 0.05) is 53.7 Å². The van der Waals surface area contributed by atoms with E-state index in [-0.39, 0.29) is 11.8 Å². The van der Waals surface area contributed by atoms with Gasteiger partial charge in [-0.3, -0.25) is 9.98 Å². The van der Waals surface area contributed by atoms with Crippen LogP contribution in [0.5, 0.6) is 5.75 Å². The van der Waals surface area contributed by atoms with E-state index in [0.29, 0.717) is 26.1 Å². The second kappa shape index (κ2) is 9.52. The molecule has 2 aliphatic heterocycles. The maximum atomic E-state index is 13.5.